The van der Waals surface area contributed by atoms with E-state index in [1.165, 1.54) is 4.68 Å². The van der Waals surface area contributed by atoms with Crippen molar-refractivity contribution in [3.05, 3.63) is 41.0 Å². The van der Waals surface area contributed by atoms with E-state index in [9.17, 15) is 4.79 Å². The average Bonchev–Trinajstić information content (AvgIpc) is 2.60. The number of aryl methyl sites for hydroxylation is 1. The first kappa shape index (κ1) is 9.93. The molecule has 3 nitrogen and oxygen atoms in total. The number of hydrogen-bond donors (Lipinski definition) is 0. The van der Waals surface area contributed by atoms with Gasteiger partial charge in [-0.05, 0) is 12.1 Å². The Bertz CT molecular complexity index is 505. The first-order valence-electron chi connectivity index (χ1n) is 4.46. The van der Waals surface area contributed by atoms with Crippen LogP contribution in [0.2, 0.25) is 5.02 Å². The molecular formula is C11H9ClN2O. The third kappa shape index (κ3) is 1.78. The number of nitrogens with zero attached hydrogens (tertiary/aromatic N) is 2. The highest BCUT2D eigenvalue weighted by atomic mass is 35.5. The SMILES string of the molecule is Cn1nc(-c2ccccc2Cl)cc1C=O. The molecular weight excluding hydrogens is 212 g/mol. The largest absolute Gasteiger partial charge is 0.296 e. The molecule has 0 saturated carbocycles. The van der Waals surface area contributed by atoms with Crippen LogP contribution in [-0.2, 0) is 7.05 Å². The number of rotatable bonds is 2. The van der Waals surface area contributed by atoms with E-state index >= 15 is 0 Å². The first-order chi connectivity index (χ1) is 7.22. The molecule has 1 aromatic carbocycles. The van der Waals surface area contributed by atoms with Gasteiger partial charge < -0.3 is 0 Å². The Labute approximate surface area is 92.3 Å². The van der Waals surface area contributed by atoms with Crippen molar-refractivity contribution in [2.75, 3.05) is 0 Å². The van der Waals surface area contributed by atoms with Gasteiger partial charge in [0.05, 0.1) is 10.7 Å². The van der Waals surface area contributed by atoms with E-state index in [2.05, 4.69) is 5.10 Å². The quantitative estimate of drug-likeness (QED) is 0.729. The van der Waals surface area contributed by atoms with E-state index < -0.39 is 0 Å². The zero-order valence-electron chi connectivity index (χ0n) is 8.14. The summed E-state index contributed by atoms with van der Waals surface area (Å²) in [5, 5.41) is 4.85. The van der Waals surface area contributed by atoms with Gasteiger partial charge in [-0.15, -0.1) is 0 Å². The smallest absolute Gasteiger partial charge is 0.168 e. The summed E-state index contributed by atoms with van der Waals surface area (Å²) in [6.45, 7) is 0. The van der Waals surface area contributed by atoms with Gasteiger partial charge in [0.2, 0.25) is 0 Å². The zero-order valence-corrected chi connectivity index (χ0v) is 8.90. The minimum absolute atomic E-state index is 0.532. The highest BCUT2D eigenvalue weighted by Crippen LogP contribution is 2.26. The fourth-order valence-electron chi connectivity index (χ4n) is 1.39. The van der Waals surface area contributed by atoms with E-state index in [1.807, 2.05) is 18.2 Å². The Kier molecular flexibility index (Phi) is 2.56. The summed E-state index contributed by atoms with van der Waals surface area (Å²) in [6.07, 6.45) is 0.771. The van der Waals surface area contributed by atoms with Crippen LogP contribution in [0.4, 0.5) is 0 Å². The van der Waals surface area contributed by atoms with Crippen molar-refractivity contribution in [2.24, 2.45) is 7.05 Å². The Balaban J connectivity index is 2.55. The summed E-state index contributed by atoms with van der Waals surface area (Å²) in [5.41, 5.74) is 2.08. The summed E-state index contributed by atoms with van der Waals surface area (Å²) in [6, 6.07) is 9.13. The molecule has 15 heavy (non-hydrogen) atoms. The van der Waals surface area contributed by atoms with E-state index in [4.69, 9.17) is 11.6 Å². The molecule has 0 spiro atoms. The summed E-state index contributed by atoms with van der Waals surface area (Å²) in [4.78, 5) is 10.7. The summed E-state index contributed by atoms with van der Waals surface area (Å²) in [5.74, 6) is 0. The Morgan fingerprint density at radius 1 is 1.40 bits per heavy atom. The Hall–Kier alpha value is -1.61. The second-order valence-corrected chi connectivity index (χ2v) is 3.58. The number of carbonyl (C=O) groups excluding carboxylic acids is 1. The lowest BCUT2D eigenvalue weighted by atomic mass is 10.1. The third-order valence-electron chi connectivity index (χ3n) is 2.19. The molecule has 1 aromatic heterocycles. The fourth-order valence-corrected chi connectivity index (χ4v) is 1.63. The van der Waals surface area contributed by atoms with Gasteiger partial charge in [-0.2, -0.15) is 5.10 Å². The van der Waals surface area contributed by atoms with Crippen molar-refractivity contribution in [3.8, 4) is 11.3 Å². The summed E-state index contributed by atoms with van der Waals surface area (Å²) in [7, 11) is 1.73. The summed E-state index contributed by atoms with van der Waals surface area (Å²) >= 11 is 6.03. The van der Waals surface area contributed by atoms with Crippen LogP contribution in [-0.4, -0.2) is 16.1 Å². The van der Waals surface area contributed by atoms with Gasteiger partial charge >= 0.3 is 0 Å². The van der Waals surface area contributed by atoms with Crippen molar-refractivity contribution >= 4 is 17.9 Å². The van der Waals surface area contributed by atoms with Gasteiger partial charge in [0.15, 0.2) is 6.29 Å². The molecule has 1 heterocycles. The van der Waals surface area contributed by atoms with Crippen LogP contribution in [0, 0.1) is 0 Å². The maximum Gasteiger partial charge on any atom is 0.168 e. The monoisotopic (exact) mass is 220 g/mol. The molecule has 0 unspecified atom stereocenters. The number of benzene rings is 1. The topological polar surface area (TPSA) is 34.9 Å². The normalized spacial score (nSPS) is 10.3. The fraction of sp³-hybridized carbons (Fsp3) is 0.0909. The van der Waals surface area contributed by atoms with Gasteiger partial charge in [0, 0.05) is 12.6 Å². The highest BCUT2D eigenvalue weighted by Gasteiger charge is 2.08. The second kappa shape index (κ2) is 3.87. The lowest BCUT2D eigenvalue weighted by Gasteiger charge is -1.98. The second-order valence-electron chi connectivity index (χ2n) is 3.18. The molecule has 0 aliphatic heterocycles. The molecule has 0 amide bonds. The molecule has 0 radical (unpaired) electrons. The number of aldehydes is 1. The average molecular weight is 221 g/mol. The van der Waals surface area contributed by atoms with Gasteiger partial charge in [-0.1, -0.05) is 29.8 Å². The molecule has 0 saturated heterocycles. The van der Waals surface area contributed by atoms with Crippen LogP contribution in [0.15, 0.2) is 30.3 Å². The summed E-state index contributed by atoms with van der Waals surface area (Å²) < 4.78 is 1.53. The van der Waals surface area contributed by atoms with Crippen LogP contribution in [0.1, 0.15) is 10.5 Å². The minimum atomic E-state index is 0.532. The zero-order chi connectivity index (χ0) is 10.8. The minimum Gasteiger partial charge on any atom is -0.296 e. The van der Waals surface area contributed by atoms with Crippen LogP contribution in [0.25, 0.3) is 11.3 Å². The third-order valence-corrected chi connectivity index (χ3v) is 2.52. The maximum absolute atomic E-state index is 10.7. The van der Waals surface area contributed by atoms with Crippen LogP contribution >= 0.6 is 11.6 Å². The predicted molar refractivity (Wildman–Crippen MR) is 59.0 cm³/mol. The van der Waals surface area contributed by atoms with Crippen molar-refractivity contribution in [3.63, 3.8) is 0 Å². The Morgan fingerprint density at radius 2 is 2.13 bits per heavy atom. The van der Waals surface area contributed by atoms with E-state index in [1.54, 1.807) is 19.2 Å². The molecule has 0 atom stereocenters. The van der Waals surface area contributed by atoms with Gasteiger partial charge in [0.1, 0.15) is 5.69 Å². The first-order valence-corrected chi connectivity index (χ1v) is 4.84. The van der Waals surface area contributed by atoms with Gasteiger partial charge in [-0.3, -0.25) is 9.48 Å². The number of carbonyl (C=O) groups is 1. The van der Waals surface area contributed by atoms with Crippen molar-refractivity contribution in [1.82, 2.24) is 9.78 Å². The standard InChI is InChI=1S/C11H9ClN2O/c1-14-8(7-15)6-11(13-14)9-4-2-3-5-10(9)12/h2-7H,1H3. The van der Waals surface area contributed by atoms with E-state index in [-0.39, 0.29) is 0 Å². The van der Waals surface area contributed by atoms with Gasteiger partial charge in [-0.25, -0.2) is 0 Å². The van der Waals surface area contributed by atoms with Crippen molar-refractivity contribution in [1.29, 1.82) is 0 Å². The van der Waals surface area contributed by atoms with Crippen molar-refractivity contribution < 1.29 is 4.79 Å². The lowest BCUT2D eigenvalue weighted by Crippen LogP contribution is -1.95. The molecule has 0 aliphatic rings. The number of halogens is 1. The van der Waals surface area contributed by atoms with Crippen molar-refractivity contribution in [2.45, 2.75) is 0 Å². The molecule has 0 N–H and O–H groups in total. The maximum atomic E-state index is 10.7. The predicted octanol–water partition coefficient (Wildman–Crippen LogP) is 2.55. The van der Waals surface area contributed by atoms with Crippen LogP contribution in [0.5, 0.6) is 0 Å². The highest BCUT2D eigenvalue weighted by molar-refractivity contribution is 6.33. The molecule has 2 aromatic rings. The van der Waals surface area contributed by atoms with Crippen LogP contribution < -0.4 is 0 Å². The van der Waals surface area contributed by atoms with Gasteiger partial charge in [0.25, 0.3) is 0 Å². The molecule has 4 heteroatoms. The van der Waals surface area contributed by atoms with E-state index in [0.717, 1.165) is 11.8 Å². The van der Waals surface area contributed by atoms with Crippen LogP contribution in [0.3, 0.4) is 0 Å². The lowest BCUT2D eigenvalue weighted by molar-refractivity contribution is 0.111. The molecule has 2 rings (SSSR count). The molecule has 0 fully saturated rings. The molecule has 76 valence electrons. The Morgan fingerprint density at radius 3 is 2.73 bits per heavy atom. The number of aromatic nitrogens is 2. The number of hydrogen-bond acceptors (Lipinski definition) is 2. The molecule has 0 bridgehead atoms. The van der Waals surface area contributed by atoms with E-state index in [0.29, 0.717) is 16.4 Å². The molecule has 0 aliphatic carbocycles.